The van der Waals surface area contributed by atoms with Gasteiger partial charge in [-0.1, -0.05) is 53.5 Å². The third-order valence-electron chi connectivity index (χ3n) is 4.36. The van der Waals surface area contributed by atoms with Gasteiger partial charge in [-0.2, -0.15) is 5.10 Å². The fraction of sp³-hybridized carbons (Fsp3) is 0.0455. The van der Waals surface area contributed by atoms with Gasteiger partial charge in [-0.3, -0.25) is 4.79 Å². The number of halogens is 2. The van der Waals surface area contributed by atoms with Gasteiger partial charge >= 0.3 is 0 Å². The molecule has 4 aromatic rings. The van der Waals surface area contributed by atoms with Crippen molar-refractivity contribution in [2.24, 2.45) is 5.10 Å². The lowest BCUT2D eigenvalue weighted by atomic mass is 10.0. The van der Waals surface area contributed by atoms with Crippen LogP contribution in [-0.2, 0) is 0 Å². The molecular formula is C22H15Cl2N3OS. The average molecular weight is 440 g/mol. The molecule has 0 bridgehead atoms. The molecule has 0 saturated heterocycles. The molecule has 0 aliphatic rings. The molecule has 29 heavy (non-hydrogen) atoms. The second-order valence-corrected chi connectivity index (χ2v) is 8.47. The van der Waals surface area contributed by atoms with E-state index < -0.39 is 0 Å². The van der Waals surface area contributed by atoms with Crippen LogP contribution < -0.4 is 5.43 Å². The molecule has 0 fully saturated rings. The molecule has 1 amide bonds. The lowest BCUT2D eigenvalue weighted by Crippen LogP contribution is -2.19. The first-order chi connectivity index (χ1) is 14.0. The molecule has 0 aliphatic heterocycles. The van der Waals surface area contributed by atoms with Gasteiger partial charge in [0.15, 0.2) is 0 Å². The summed E-state index contributed by atoms with van der Waals surface area (Å²) in [6.45, 7) is 1.83. The summed E-state index contributed by atoms with van der Waals surface area (Å²) >= 11 is 13.4. The largest absolute Gasteiger partial charge is 0.272 e. The van der Waals surface area contributed by atoms with E-state index in [2.05, 4.69) is 10.5 Å². The van der Waals surface area contributed by atoms with Crippen molar-refractivity contribution in [2.75, 3.05) is 0 Å². The first kappa shape index (κ1) is 19.6. The van der Waals surface area contributed by atoms with Gasteiger partial charge < -0.3 is 0 Å². The summed E-state index contributed by atoms with van der Waals surface area (Å²) in [5.41, 5.74) is 6.14. The number of hydrazone groups is 1. The minimum atomic E-state index is -0.305. The van der Waals surface area contributed by atoms with E-state index in [0.717, 1.165) is 21.3 Å². The van der Waals surface area contributed by atoms with Gasteiger partial charge in [-0.05, 0) is 43.3 Å². The van der Waals surface area contributed by atoms with E-state index in [9.17, 15) is 4.79 Å². The number of hydrogen-bond donors (Lipinski definition) is 1. The Labute approximate surface area is 181 Å². The monoisotopic (exact) mass is 439 g/mol. The van der Waals surface area contributed by atoms with Crippen LogP contribution in [-0.4, -0.2) is 16.6 Å². The van der Waals surface area contributed by atoms with Crippen LogP contribution in [0.25, 0.3) is 22.2 Å². The van der Waals surface area contributed by atoms with Crippen molar-refractivity contribution in [3.05, 3.63) is 86.5 Å². The van der Waals surface area contributed by atoms with Crippen LogP contribution in [0.3, 0.4) is 0 Å². The molecule has 7 heteroatoms. The number of thiophene rings is 1. The maximum Gasteiger partial charge on any atom is 0.272 e. The van der Waals surface area contributed by atoms with Gasteiger partial charge in [-0.15, -0.1) is 11.3 Å². The first-order valence-corrected chi connectivity index (χ1v) is 10.3. The van der Waals surface area contributed by atoms with E-state index in [4.69, 9.17) is 28.2 Å². The van der Waals surface area contributed by atoms with E-state index >= 15 is 0 Å². The standard InChI is InChI=1S/C22H15Cl2N3OS/c1-13(20-10-11-21(24)29-20)26-27-22(28)17-12-19(14-6-8-15(23)9-7-14)25-18-5-3-2-4-16(17)18/h2-12H,1H3,(H,27,28)/b26-13-. The Balaban J connectivity index is 1.71. The number of carbonyl (C=O) groups excluding carboxylic acids is 1. The van der Waals surface area contributed by atoms with Gasteiger partial charge in [-0.25, -0.2) is 10.4 Å². The molecule has 144 valence electrons. The lowest BCUT2D eigenvalue weighted by Gasteiger charge is -2.09. The van der Waals surface area contributed by atoms with E-state index in [-0.39, 0.29) is 5.91 Å². The van der Waals surface area contributed by atoms with Gasteiger partial charge in [0.25, 0.3) is 5.91 Å². The van der Waals surface area contributed by atoms with Crippen molar-refractivity contribution in [2.45, 2.75) is 6.92 Å². The van der Waals surface area contributed by atoms with Crippen molar-refractivity contribution in [1.82, 2.24) is 10.4 Å². The van der Waals surface area contributed by atoms with Crippen LogP contribution in [0.2, 0.25) is 9.36 Å². The second-order valence-electron chi connectivity index (χ2n) is 6.32. The van der Waals surface area contributed by atoms with E-state index in [1.807, 2.05) is 49.4 Å². The summed E-state index contributed by atoms with van der Waals surface area (Å²) in [7, 11) is 0. The molecule has 0 radical (unpaired) electrons. The van der Waals surface area contributed by atoms with Crippen LogP contribution in [0.5, 0.6) is 0 Å². The van der Waals surface area contributed by atoms with Crippen molar-refractivity contribution in [1.29, 1.82) is 0 Å². The average Bonchev–Trinajstić information content (AvgIpc) is 3.18. The number of rotatable bonds is 4. The molecule has 0 unspecified atom stereocenters. The highest BCUT2D eigenvalue weighted by atomic mass is 35.5. The molecule has 4 rings (SSSR count). The Bertz CT molecular complexity index is 1230. The Morgan fingerprint density at radius 3 is 2.52 bits per heavy atom. The van der Waals surface area contributed by atoms with Crippen LogP contribution >= 0.6 is 34.5 Å². The van der Waals surface area contributed by atoms with Gasteiger partial charge in [0.05, 0.1) is 31.7 Å². The molecule has 0 saturated carbocycles. The zero-order chi connectivity index (χ0) is 20.4. The topological polar surface area (TPSA) is 54.4 Å². The second kappa shape index (κ2) is 8.33. The third kappa shape index (κ3) is 4.32. The summed E-state index contributed by atoms with van der Waals surface area (Å²) in [6, 6.07) is 20.3. The van der Waals surface area contributed by atoms with Crippen LogP contribution in [0.4, 0.5) is 0 Å². The number of pyridine rings is 1. The predicted molar refractivity (Wildman–Crippen MR) is 121 cm³/mol. The summed E-state index contributed by atoms with van der Waals surface area (Å²) < 4.78 is 0.675. The Morgan fingerprint density at radius 1 is 1.03 bits per heavy atom. The molecular weight excluding hydrogens is 425 g/mol. The van der Waals surface area contributed by atoms with E-state index in [0.29, 0.717) is 26.3 Å². The van der Waals surface area contributed by atoms with Crippen molar-refractivity contribution < 1.29 is 4.79 Å². The number of para-hydroxylation sites is 1. The lowest BCUT2D eigenvalue weighted by molar-refractivity contribution is 0.0956. The van der Waals surface area contributed by atoms with Crippen LogP contribution in [0.1, 0.15) is 22.2 Å². The van der Waals surface area contributed by atoms with Crippen LogP contribution in [0.15, 0.2) is 71.8 Å². The zero-order valence-corrected chi connectivity index (χ0v) is 17.6. The molecule has 4 nitrogen and oxygen atoms in total. The van der Waals surface area contributed by atoms with Gasteiger partial charge in [0.1, 0.15) is 0 Å². The number of nitrogens with zero attached hydrogens (tertiary/aromatic N) is 2. The van der Waals surface area contributed by atoms with E-state index in [1.165, 1.54) is 11.3 Å². The fourth-order valence-electron chi connectivity index (χ4n) is 2.89. The van der Waals surface area contributed by atoms with Crippen LogP contribution in [0, 0.1) is 0 Å². The Kier molecular flexibility index (Phi) is 5.62. The normalized spacial score (nSPS) is 11.6. The molecule has 0 aliphatic carbocycles. The molecule has 0 atom stereocenters. The van der Waals surface area contributed by atoms with Crippen molar-refractivity contribution in [3.63, 3.8) is 0 Å². The summed E-state index contributed by atoms with van der Waals surface area (Å²) in [4.78, 5) is 18.5. The SMILES string of the molecule is C/C(=N/NC(=O)c1cc(-c2ccc(Cl)cc2)nc2ccccc12)c1ccc(Cl)s1. The first-order valence-electron chi connectivity index (χ1n) is 8.77. The number of fused-ring (bicyclic) bond motifs is 1. The molecule has 2 aromatic carbocycles. The Hall–Kier alpha value is -2.73. The summed E-state index contributed by atoms with van der Waals surface area (Å²) in [6.07, 6.45) is 0. The zero-order valence-electron chi connectivity index (χ0n) is 15.3. The molecule has 0 spiro atoms. The maximum atomic E-state index is 12.9. The number of nitrogens with one attached hydrogen (secondary N) is 1. The summed E-state index contributed by atoms with van der Waals surface area (Å²) in [5, 5.41) is 5.64. The number of carbonyl (C=O) groups is 1. The molecule has 2 aromatic heterocycles. The predicted octanol–water partition coefficient (Wildman–Crippen LogP) is 6.42. The van der Waals surface area contributed by atoms with Gasteiger partial charge in [0.2, 0.25) is 0 Å². The number of benzene rings is 2. The highest BCUT2D eigenvalue weighted by molar-refractivity contribution is 7.18. The van der Waals surface area contributed by atoms with Crippen molar-refractivity contribution >= 4 is 57.1 Å². The minimum Gasteiger partial charge on any atom is -0.267 e. The Morgan fingerprint density at radius 2 is 1.79 bits per heavy atom. The third-order valence-corrected chi connectivity index (χ3v) is 5.95. The number of amides is 1. The minimum absolute atomic E-state index is 0.305. The molecule has 1 N–H and O–H groups in total. The van der Waals surface area contributed by atoms with E-state index in [1.54, 1.807) is 24.3 Å². The highest BCUT2D eigenvalue weighted by Gasteiger charge is 2.14. The van der Waals surface area contributed by atoms with Gasteiger partial charge in [0, 0.05) is 16.0 Å². The number of hydrogen-bond acceptors (Lipinski definition) is 4. The quantitative estimate of drug-likeness (QED) is 0.294. The highest BCUT2D eigenvalue weighted by Crippen LogP contribution is 2.26. The smallest absolute Gasteiger partial charge is 0.267 e. The fourth-order valence-corrected chi connectivity index (χ4v) is 4.00. The van der Waals surface area contributed by atoms with Crippen molar-refractivity contribution in [3.8, 4) is 11.3 Å². The molecule has 2 heterocycles. The summed E-state index contributed by atoms with van der Waals surface area (Å²) in [5.74, 6) is -0.305. The maximum absolute atomic E-state index is 12.9. The number of aromatic nitrogens is 1.